The van der Waals surface area contributed by atoms with E-state index in [9.17, 15) is 9.59 Å². The Balaban J connectivity index is 2.07. The van der Waals surface area contributed by atoms with E-state index < -0.39 is 11.8 Å². The van der Waals surface area contributed by atoms with Crippen molar-refractivity contribution in [2.45, 2.75) is 6.92 Å². The highest BCUT2D eigenvalue weighted by Gasteiger charge is 2.34. The number of benzene rings is 2. The summed E-state index contributed by atoms with van der Waals surface area (Å²) in [4.78, 5) is 26.8. The fourth-order valence-corrected chi connectivity index (χ4v) is 3.28. The molecule has 0 unspecified atom stereocenters. The Hall–Kier alpha value is -2.90. The first-order chi connectivity index (χ1) is 13.3. The summed E-state index contributed by atoms with van der Waals surface area (Å²) in [6.45, 7) is 1.85. The maximum Gasteiger partial charge on any atom is 0.270 e. The molecular formula is C20H17ClN2O4S. The standard InChI is InChI=1S/C20H17ClN2O4S/c1-11-7-16(26-2)17(27-3)9-12(11)8-15-18(24)22-20(28)23(19(15)25)14-6-4-5-13(21)10-14/h4-10H,1-3H3,(H,22,24,28)/b15-8+. The number of amides is 2. The second-order valence-corrected chi connectivity index (χ2v) is 6.82. The zero-order chi connectivity index (χ0) is 20.4. The Morgan fingerprint density at radius 2 is 1.79 bits per heavy atom. The zero-order valence-electron chi connectivity index (χ0n) is 15.4. The number of nitrogens with one attached hydrogen (secondary N) is 1. The second-order valence-electron chi connectivity index (χ2n) is 6.00. The van der Waals surface area contributed by atoms with Crippen LogP contribution in [0.25, 0.3) is 6.08 Å². The molecular weight excluding hydrogens is 400 g/mol. The fraction of sp³-hybridized carbons (Fsp3) is 0.150. The number of anilines is 1. The van der Waals surface area contributed by atoms with Gasteiger partial charge in [0.2, 0.25) is 0 Å². The highest BCUT2D eigenvalue weighted by molar-refractivity contribution is 7.80. The fourth-order valence-electron chi connectivity index (χ4n) is 2.81. The topological polar surface area (TPSA) is 67.9 Å². The first kappa shape index (κ1) is 19.9. The Bertz CT molecular complexity index is 1020. The molecule has 2 amide bonds. The molecule has 6 nitrogen and oxygen atoms in total. The zero-order valence-corrected chi connectivity index (χ0v) is 17.0. The van der Waals surface area contributed by atoms with Crippen LogP contribution in [0.3, 0.4) is 0 Å². The summed E-state index contributed by atoms with van der Waals surface area (Å²) in [5.74, 6) is -0.0539. The van der Waals surface area contributed by atoms with Crippen molar-refractivity contribution >= 4 is 52.5 Å². The van der Waals surface area contributed by atoms with Gasteiger partial charge in [-0.05, 0) is 66.7 Å². The van der Waals surface area contributed by atoms with Crippen LogP contribution in [0.1, 0.15) is 11.1 Å². The van der Waals surface area contributed by atoms with Crippen LogP contribution >= 0.6 is 23.8 Å². The molecule has 0 bridgehead atoms. The summed E-state index contributed by atoms with van der Waals surface area (Å²) < 4.78 is 10.6. The van der Waals surface area contributed by atoms with Crippen LogP contribution in [-0.4, -0.2) is 31.1 Å². The number of thiocarbonyl (C=S) groups is 1. The second kappa shape index (κ2) is 8.00. The maximum absolute atomic E-state index is 13.1. The van der Waals surface area contributed by atoms with Gasteiger partial charge in [-0.25, -0.2) is 0 Å². The molecule has 144 valence electrons. The first-order valence-electron chi connectivity index (χ1n) is 8.25. The van der Waals surface area contributed by atoms with Crippen molar-refractivity contribution in [2.24, 2.45) is 0 Å². The monoisotopic (exact) mass is 416 g/mol. The van der Waals surface area contributed by atoms with E-state index in [2.05, 4.69) is 5.32 Å². The summed E-state index contributed by atoms with van der Waals surface area (Å²) in [6.07, 6.45) is 1.51. The number of methoxy groups -OCH3 is 2. The summed E-state index contributed by atoms with van der Waals surface area (Å²) in [5, 5.41) is 3.00. The van der Waals surface area contributed by atoms with Crippen LogP contribution in [0.2, 0.25) is 5.02 Å². The molecule has 0 radical (unpaired) electrons. The summed E-state index contributed by atoms with van der Waals surface area (Å²) in [5.41, 5.74) is 1.88. The molecule has 1 saturated heterocycles. The highest BCUT2D eigenvalue weighted by Crippen LogP contribution is 2.32. The number of ether oxygens (including phenoxy) is 2. The molecule has 1 fully saturated rings. The number of aryl methyl sites for hydroxylation is 1. The Kier molecular flexibility index (Phi) is 5.67. The predicted octanol–water partition coefficient (Wildman–Crippen LogP) is 3.50. The van der Waals surface area contributed by atoms with Crippen LogP contribution in [0.5, 0.6) is 11.5 Å². The molecule has 8 heteroatoms. The van der Waals surface area contributed by atoms with Gasteiger partial charge in [0.15, 0.2) is 16.6 Å². The van der Waals surface area contributed by atoms with Crippen molar-refractivity contribution in [1.82, 2.24) is 5.32 Å². The molecule has 0 spiro atoms. The molecule has 0 atom stereocenters. The molecule has 2 aromatic carbocycles. The number of rotatable bonds is 4. The minimum atomic E-state index is -0.567. The van der Waals surface area contributed by atoms with Crippen LogP contribution in [0.4, 0.5) is 5.69 Å². The average Bonchev–Trinajstić information content (AvgIpc) is 2.65. The molecule has 1 heterocycles. The van der Waals surface area contributed by atoms with Crippen molar-refractivity contribution < 1.29 is 19.1 Å². The molecule has 0 aliphatic carbocycles. The number of halogens is 1. The molecule has 28 heavy (non-hydrogen) atoms. The Labute approximate surface area is 172 Å². The third-order valence-corrected chi connectivity index (χ3v) is 4.76. The number of hydrogen-bond donors (Lipinski definition) is 1. The molecule has 1 aliphatic heterocycles. The van der Waals surface area contributed by atoms with E-state index in [1.54, 1.807) is 36.4 Å². The molecule has 0 saturated carbocycles. The third-order valence-electron chi connectivity index (χ3n) is 4.24. The average molecular weight is 417 g/mol. The third kappa shape index (κ3) is 3.72. The molecule has 1 aliphatic rings. The quantitative estimate of drug-likeness (QED) is 0.469. The number of carbonyl (C=O) groups is 2. The van der Waals surface area contributed by atoms with Crippen molar-refractivity contribution in [2.75, 3.05) is 19.1 Å². The smallest absolute Gasteiger partial charge is 0.270 e. The van der Waals surface area contributed by atoms with E-state index in [1.807, 2.05) is 6.92 Å². The summed E-state index contributed by atoms with van der Waals surface area (Å²) in [6, 6.07) is 10.2. The van der Waals surface area contributed by atoms with Gasteiger partial charge in [0.05, 0.1) is 19.9 Å². The summed E-state index contributed by atoms with van der Waals surface area (Å²) in [7, 11) is 3.05. The number of carbonyl (C=O) groups excluding carboxylic acids is 2. The van der Waals surface area contributed by atoms with E-state index in [1.165, 1.54) is 25.2 Å². The maximum atomic E-state index is 13.1. The van der Waals surface area contributed by atoms with Crippen molar-refractivity contribution in [1.29, 1.82) is 0 Å². The van der Waals surface area contributed by atoms with Gasteiger partial charge >= 0.3 is 0 Å². The molecule has 0 aromatic heterocycles. The van der Waals surface area contributed by atoms with Crippen molar-refractivity contribution in [3.63, 3.8) is 0 Å². The van der Waals surface area contributed by atoms with E-state index >= 15 is 0 Å². The van der Waals surface area contributed by atoms with E-state index in [0.29, 0.717) is 27.8 Å². The molecule has 1 N–H and O–H groups in total. The minimum absolute atomic E-state index is 0.00144. The predicted molar refractivity (Wildman–Crippen MR) is 112 cm³/mol. The van der Waals surface area contributed by atoms with Crippen LogP contribution in [0.15, 0.2) is 42.0 Å². The van der Waals surface area contributed by atoms with Gasteiger partial charge in [-0.3, -0.25) is 19.8 Å². The summed E-state index contributed by atoms with van der Waals surface area (Å²) >= 11 is 11.2. The Morgan fingerprint density at radius 1 is 1.11 bits per heavy atom. The lowest BCUT2D eigenvalue weighted by Crippen LogP contribution is -2.54. The van der Waals surface area contributed by atoms with Crippen LogP contribution in [0, 0.1) is 6.92 Å². The molecule has 3 rings (SSSR count). The van der Waals surface area contributed by atoms with Gasteiger partial charge in [-0.15, -0.1) is 0 Å². The van der Waals surface area contributed by atoms with Gasteiger partial charge in [-0.1, -0.05) is 17.7 Å². The van der Waals surface area contributed by atoms with Gasteiger partial charge < -0.3 is 9.47 Å². The van der Waals surface area contributed by atoms with E-state index in [4.69, 9.17) is 33.3 Å². The first-order valence-corrected chi connectivity index (χ1v) is 9.04. The minimum Gasteiger partial charge on any atom is -0.493 e. The lowest BCUT2D eigenvalue weighted by molar-refractivity contribution is -0.122. The van der Waals surface area contributed by atoms with Gasteiger partial charge in [-0.2, -0.15) is 0 Å². The largest absolute Gasteiger partial charge is 0.493 e. The van der Waals surface area contributed by atoms with E-state index in [0.717, 1.165) is 5.56 Å². The van der Waals surface area contributed by atoms with Crippen LogP contribution < -0.4 is 19.7 Å². The number of hydrogen-bond acceptors (Lipinski definition) is 5. The van der Waals surface area contributed by atoms with Crippen LogP contribution in [-0.2, 0) is 9.59 Å². The van der Waals surface area contributed by atoms with Gasteiger partial charge in [0.25, 0.3) is 11.8 Å². The van der Waals surface area contributed by atoms with E-state index in [-0.39, 0.29) is 10.7 Å². The van der Waals surface area contributed by atoms with Gasteiger partial charge in [0.1, 0.15) is 5.57 Å². The highest BCUT2D eigenvalue weighted by atomic mass is 35.5. The normalized spacial score (nSPS) is 15.6. The lowest BCUT2D eigenvalue weighted by atomic mass is 10.0. The van der Waals surface area contributed by atoms with Crippen molar-refractivity contribution in [3.8, 4) is 11.5 Å². The molecule has 2 aromatic rings. The SMILES string of the molecule is COc1cc(C)c(/C=C2\C(=O)NC(=S)N(c3cccc(Cl)c3)C2=O)cc1OC. The van der Waals surface area contributed by atoms with Crippen molar-refractivity contribution in [3.05, 3.63) is 58.1 Å². The number of nitrogens with zero attached hydrogens (tertiary/aromatic N) is 1. The Morgan fingerprint density at radius 3 is 2.43 bits per heavy atom. The van der Waals surface area contributed by atoms with Gasteiger partial charge in [0, 0.05) is 5.02 Å². The lowest BCUT2D eigenvalue weighted by Gasteiger charge is -2.29.